The number of nitrogens with two attached hydrogens (primary N) is 2. The summed E-state index contributed by atoms with van der Waals surface area (Å²) < 4.78 is 1.32. The van der Waals surface area contributed by atoms with Crippen LogP contribution in [0.1, 0.15) is 10.4 Å². The largest absolute Gasteiger partial charge is 1.00 e. The molecule has 2 aromatic heterocycles. The maximum Gasteiger partial charge on any atom is 1.00 e. The Hall–Kier alpha value is -3.60. The average molecular weight is 379 g/mol. The van der Waals surface area contributed by atoms with Crippen molar-refractivity contribution in [3.63, 3.8) is 0 Å². The van der Waals surface area contributed by atoms with Gasteiger partial charge in [-0.3, -0.25) is 4.79 Å². The van der Waals surface area contributed by atoms with Crippen LogP contribution < -0.4 is 41.0 Å². The van der Waals surface area contributed by atoms with Crippen LogP contribution in [0.3, 0.4) is 0 Å². The van der Waals surface area contributed by atoms with Crippen LogP contribution >= 0.6 is 0 Å². The first-order valence-electron chi connectivity index (χ1n) is 8.30. The van der Waals surface area contributed by atoms with E-state index in [9.17, 15) is 14.7 Å². The number of carboxylic acids is 1. The summed E-state index contributed by atoms with van der Waals surface area (Å²) in [6.45, 7) is 0. The van der Waals surface area contributed by atoms with Crippen LogP contribution in [-0.4, -0.2) is 20.5 Å². The van der Waals surface area contributed by atoms with E-state index in [-0.39, 0.29) is 41.7 Å². The van der Waals surface area contributed by atoms with Crippen LogP contribution in [0, 0.1) is 0 Å². The molecule has 0 spiro atoms. The number of pyridine rings is 1. The number of carbonyl (C=O) groups excluding carboxylic acids is 1. The average Bonchev–Trinajstić information content (AvgIpc) is 2.69. The molecule has 0 radical (unpaired) electrons. The van der Waals surface area contributed by atoms with Crippen molar-refractivity contribution < 1.29 is 28.8 Å². The van der Waals surface area contributed by atoms with Crippen molar-refractivity contribution in [1.29, 1.82) is 0 Å². The fraction of sp³-hybridized carbons (Fsp3) is 0. The van der Waals surface area contributed by atoms with Crippen molar-refractivity contribution in [2.24, 2.45) is 0 Å². The third-order valence-electron chi connectivity index (χ3n) is 4.38. The number of para-hydroxylation sites is 1. The van der Waals surface area contributed by atoms with E-state index in [1.54, 1.807) is 42.5 Å². The number of carboxylic acid groups (broad SMARTS) is 1. The summed E-state index contributed by atoms with van der Waals surface area (Å²) in [4.78, 5) is 32.5. The van der Waals surface area contributed by atoms with Gasteiger partial charge in [-0.25, -0.2) is 14.5 Å². The van der Waals surface area contributed by atoms with Crippen molar-refractivity contribution in [2.75, 3.05) is 11.5 Å². The van der Waals surface area contributed by atoms with Gasteiger partial charge in [0.05, 0.1) is 22.6 Å². The number of hydrogen-bond donors (Lipinski definition) is 2. The summed E-state index contributed by atoms with van der Waals surface area (Å²) >= 11 is 0. The van der Waals surface area contributed by atoms with Gasteiger partial charge in [-0.1, -0.05) is 24.3 Å². The molecular formula is C20H14LiN5O3. The second kappa shape index (κ2) is 7.79. The second-order valence-electron chi connectivity index (χ2n) is 6.12. The van der Waals surface area contributed by atoms with Crippen molar-refractivity contribution in [2.45, 2.75) is 0 Å². The van der Waals surface area contributed by atoms with Crippen molar-refractivity contribution >= 4 is 28.6 Å². The molecular weight excluding hydrogens is 365 g/mol. The fourth-order valence-corrected chi connectivity index (χ4v) is 3.01. The van der Waals surface area contributed by atoms with E-state index in [1.165, 1.54) is 16.8 Å². The van der Waals surface area contributed by atoms with Gasteiger partial charge in [0.2, 0.25) is 5.95 Å². The summed E-state index contributed by atoms with van der Waals surface area (Å²) in [5.74, 6) is -1.48. The van der Waals surface area contributed by atoms with Gasteiger partial charge >= 0.3 is 18.9 Å². The maximum atomic E-state index is 13.1. The monoisotopic (exact) mass is 379 g/mol. The third kappa shape index (κ3) is 3.59. The second-order valence-corrected chi connectivity index (χ2v) is 6.12. The van der Waals surface area contributed by atoms with E-state index >= 15 is 0 Å². The molecule has 4 rings (SSSR count). The van der Waals surface area contributed by atoms with Crippen LogP contribution in [0.5, 0.6) is 0 Å². The SMILES string of the molecule is Nc1ncc(-c2ccc3nc(N)n(-c4ccccc4)c(=O)c3c2)cc1C(=O)[O-].[Li+]. The number of nitrogen functional groups attached to an aromatic ring is 2. The van der Waals surface area contributed by atoms with Gasteiger partial charge in [-0.05, 0) is 35.9 Å². The molecule has 0 bridgehead atoms. The van der Waals surface area contributed by atoms with Gasteiger partial charge in [-0.15, -0.1) is 0 Å². The molecule has 0 saturated heterocycles. The van der Waals surface area contributed by atoms with Crippen LogP contribution in [0.2, 0.25) is 0 Å². The summed E-state index contributed by atoms with van der Waals surface area (Å²) in [5, 5.41) is 11.5. The minimum absolute atomic E-state index is 0. The molecule has 0 fully saturated rings. The summed E-state index contributed by atoms with van der Waals surface area (Å²) in [7, 11) is 0. The number of anilines is 2. The minimum Gasteiger partial charge on any atom is -0.545 e. The standard InChI is InChI=1S/C20H15N5O3.Li/c21-17-15(19(27)28)9-12(10-23-17)11-6-7-16-14(8-11)18(26)25(20(22)24-16)13-4-2-1-3-5-13;/h1-10H,(H2,21,23)(H2,22,24)(H,27,28);/q;+1/p-1. The molecule has 2 heterocycles. The molecule has 4 aromatic rings. The fourth-order valence-electron chi connectivity index (χ4n) is 3.01. The van der Waals surface area contributed by atoms with Crippen molar-refractivity contribution in [3.05, 3.63) is 76.7 Å². The molecule has 0 aliphatic carbocycles. The van der Waals surface area contributed by atoms with E-state index in [1.807, 2.05) is 6.07 Å². The Morgan fingerprint density at radius 3 is 2.41 bits per heavy atom. The number of rotatable bonds is 3. The first kappa shape index (κ1) is 20.1. The smallest absolute Gasteiger partial charge is 0.545 e. The Morgan fingerprint density at radius 1 is 1.00 bits per heavy atom. The number of aromatic carboxylic acids is 1. The Bertz CT molecular complexity index is 1290. The quantitative estimate of drug-likeness (QED) is 0.392. The van der Waals surface area contributed by atoms with Gasteiger partial charge in [0.15, 0.2) is 0 Å². The number of fused-ring (bicyclic) bond motifs is 1. The Kier molecular flexibility index (Phi) is 5.41. The van der Waals surface area contributed by atoms with Gasteiger partial charge < -0.3 is 21.4 Å². The predicted molar refractivity (Wildman–Crippen MR) is 104 cm³/mol. The van der Waals surface area contributed by atoms with E-state index < -0.39 is 5.97 Å². The molecule has 0 aliphatic heterocycles. The van der Waals surface area contributed by atoms with Crippen LogP contribution in [0.4, 0.5) is 11.8 Å². The molecule has 0 atom stereocenters. The first-order valence-corrected chi connectivity index (χ1v) is 8.30. The maximum absolute atomic E-state index is 13.1. The first-order chi connectivity index (χ1) is 13.5. The Morgan fingerprint density at radius 2 is 1.72 bits per heavy atom. The molecule has 0 amide bonds. The normalized spacial score (nSPS) is 10.5. The zero-order valence-electron chi connectivity index (χ0n) is 15.5. The van der Waals surface area contributed by atoms with Crippen LogP contribution in [0.15, 0.2) is 65.6 Å². The summed E-state index contributed by atoms with van der Waals surface area (Å²) in [6, 6.07) is 15.3. The Labute approximate surface area is 177 Å². The Balaban J connectivity index is 0.00000240. The summed E-state index contributed by atoms with van der Waals surface area (Å²) in [6.07, 6.45) is 1.43. The van der Waals surface area contributed by atoms with E-state index in [0.29, 0.717) is 27.7 Å². The molecule has 0 saturated carbocycles. The topological polar surface area (TPSA) is 140 Å². The number of benzene rings is 2. The summed E-state index contributed by atoms with van der Waals surface area (Å²) in [5.41, 5.74) is 13.1. The van der Waals surface area contributed by atoms with E-state index in [0.717, 1.165) is 0 Å². The van der Waals surface area contributed by atoms with Crippen molar-refractivity contribution in [3.8, 4) is 16.8 Å². The van der Waals surface area contributed by atoms with Gasteiger partial charge in [0, 0.05) is 17.3 Å². The van der Waals surface area contributed by atoms with Crippen LogP contribution in [-0.2, 0) is 0 Å². The van der Waals surface area contributed by atoms with Gasteiger partial charge in [-0.2, -0.15) is 0 Å². The molecule has 8 nitrogen and oxygen atoms in total. The third-order valence-corrected chi connectivity index (χ3v) is 4.38. The minimum atomic E-state index is -1.42. The zero-order valence-corrected chi connectivity index (χ0v) is 15.5. The molecule has 0 unspecified atom stereocenters. The number of carbonyl (C=O) groups is 1. The molecule has 29 heavy (non-hydrogen) atoms. The number of hydrogen-bond acceptors (Lipinski definition) is 7. The van der Waals surface area contributed by atoms with Gasteiger partial charge in [0.1, 0.15) is 5.82 Å². The molecule has 138 valence electrons. The van der Waals surface area contributed by atoms with Crippen LogP contribution in [0.25, 0.3) is 27.7 Å². The molecule has 4 N–H and O–H groups in total. The number of nitrogens with zero attached hydrogens (tertiary/aromatic N) is 3. The molecule has 9 heteroatoms. The van der Waals surface area contributed by atoms with Gasteiger partial charge in [0.25, 0.3) is 5.56 Å². The molecule has 0 aliphatic rings. The van der Waals surface area contributed by atoms with E-state index in [4.69, 9.17) is 11.5 Å². The number of aromatic nitrogens is 3. The zero-order chi connectivity index (χ0) is 19.8. The van der Waals surface area contributed by atoms with E-state index in [2.05, 4.69) is 9.97 Å². The predicted octanol–water partition coefficient (Wildman–Crippen LogP) is -2.02. The van der Waals surface area contributed by atoms with Crippen molar-refractivity contribution in [1.82, 2.24) is 14.5 Å². The molecule has 2 aromatic carbocycles.